The number of rotatable bonds is 8. The van der Waals surface area contributed by atoms with Crippen molar-refractivity contribution in [2.75, 3.05) is 18.9 Å². The molecule has 7 heteroatoms. The standard InChI is InChI=1S/C23H26N4O3/c1-16-13-19(26-30-16)14-27(3)15-22(28)25-21-12-8-7-11-20(21)23(29)24-17(2)18-9-5-4-6-10-18/h4-13,17H,14-15H2,1-3H3,(H,24,29)(H,25,28). The van der Waals surface area contributed by atoms with Crippen molar-refractivity contribution < 1.29 is 14.1 Å². The number of aryl methyl sites for hydroxylation is 1. The van der Waals surface area contributed by atoms with E-state index in [9.17, 15) is 9.59 Å². The van der Waals surface area contributed by atoms with Gasteiger partial charge >= 0.3 is 0 Å². The Hall–Kier alpha value is -3.45. The van der Waals surface area contributed by atoms with Gasteiger partial charge in [0.1, 0.15) is 5.76 Å². The number of carbonyl (C=O) groups is 2. The quantitative estimate of drug-likeness (QED) is 0.597. The molecule has 0 radical (unpaired) electrons. The van der Waals surface area contributed by atoms with Gasteiger partial charge in [0.25, 0.3) is 5.91 Å². The van der Waals surface area contributed by atoms with Gasteiger partial charge in [-0.15, -0.1) is 0 Å². The number of aromatic nitrogens is 1. The summed E-state index contributed by atoms with van der Waals surface area (Å²) >= 11 is 0. The fourth-order valence-corrected chi connectivity index (χ4v) is 3.15. The van der Waals surface area contributed by atoms with E-state index in [4.69, 9.17) is 4.52 Å². The predicted octanol–water partition coefficient (Wildman–Crippen LogP) is 3.54. The third kappa shape index (κ3) is 5.78. The monoisotopic (exact) mass is 406 g/mol. The highest BCUT2D eigenvalue weighted by Crippen LogP contribution is 2.18. The Morgan fingerprint density at radius 3 is 2.50 bits per heavy atom. The van der Waals surface area contributed by atoms with E-state index < -0.39 is 0 Å². The lowest BCUT2D eigenvalue weighted by molar-refractivity contribution is -0.117. The molecule has 2 aromatic carbocycles. The maximum atomic E-state index is 12.8. The number of hydrogen-bond donors (Lipinski definition) is 2. The molecule has 156 valence electrons. The molecule has 1 atom stereocenters. The van der Waals surface area contributed by atoms with Crippen LogP contribution in [0.1, 0.15) is 40.3 Å². The Morgan fingerprint density at radius 2 is 1.80 bits per heavy atom. The van der Waals surface area contributed by atoms with Crippen molar-refractivity contribution in [3.8, 4) is 0 Å². The molecule has 0 fully saturated rings. The second-order valence-corrected chi connectivity index (χ2v) is 7.30. The largest absolute Gasteiger partial charge is 0.361 e. The average Bonchev–Trinajstić information content (AvgIpc) is 3.13. The van der Waals surface area contributed by atoms with Crippen LogP contribution in [0.25, 0.3) is 0 Å². The summed E-state index contributed by atoms with van der Waals surface area (Å²) in [6, 6.07) is 18.4. The van der Waals surface area contributed by atoms with Gasteiger partial charge < -0.3 is 15.2 Å². The van der Waals surface area contributed by atoms with Crippen LogP contribution in [0, 0.1) is 6.92 Å². The highest BCUT2D eigenvalue weighted by molar-refractivity contribution is 6.04. The topological polar surface area (TPSA) is 87.5 Å². The van der Waals surface area contributed by atoms with E-state index in [1.165, 1.54) is 0 Å². The summed E-state index contributed by atoms with van der Waals surface area (Å²) in [6.45, 7) is 4.39. The molecule has 30 heavy (non-hydrogen) atoms. The minimum atomic E-state index is -0.242. The molecule has 0 saturated heterocycles. The van der Waals surface area contributed by atoms with E-state index >= 15 is 0 Å². The van der Waals surface area contributed by atoms with Crippen LogP contribution < -0.4 is 10.6 Å². The smallest absolute Gasteiger partial charge is 0.253 e. The molecule has 0 aliphatic rings. The second kappa shape index (κ2) is 9.84. The van der Waals surface area contributed by atoms with Gasteiger partial charge in [-0.05, 0) is 38.6 Å². The summed E-state index contributed by atoms with van der Waals surface area (Å²) in [4.78, 5) is 27.1. The zero-order valence-corrected chi connectivity index (χ0v) is 17.4. The first-order chi connectivity index (χ1) is 14.4. The van der Waals surface area contributed by atoms with Crippen LogP contribution in [0.5, 0.6) is 0 Å². The van der Waals surface area contributed by atoms with E-state index in [1.54, 1.807) is 24.3 Å². The van der Waals surface area contributed by atoms with E-state index in [0.717, 1.165) is 17.0 Å². The molecule has 0 aliphatic carbocycles. The molecule has 0 aliphatic heterocycles. The number of benzene rings is 2. The highest BCUT2D eigenvalue weighted by Gasteiger charge is 2.17. The van der Waals surface area contributed by atoms with Crippen molar-refractivity contribution in [3.63, 3.8) is 0 Å². The Morgan fingerprint density at radius 1 is 1.10 bits per heavy atom. The summed E-state index contributed by atoms with van der Waals surface area (Å²) in [6.07, 6.45) is 0. The molecule has 1 aromatic heterocycles. The average molecular weight is 406 g/mol. The Bertz CT molecular complexity index is 1000. The number of nitrogens with one attached hydrogen (secondary N) is 2. The van der Waals surface area contributed by atoms with Crippen LogP contribution in [0.2, 0.25) is 0 Å². The predicted molar refractivity (Wildman–Crippen MR) is 115 cm³/mol. The third-order valence-electron chi connectivity index (χ3n) is 4.62. The van der Waals surface area contributed by atoms with Gasteiger partial charge in [0.2, 0.25) is 5.91 Å². The lowest BCUT2D eigenvalue weighted by Crippen LogP contribution is -2.31. The molecule has 2 amide bonds. The summed E-state index contributed by atoms with van der Waals surface area (Å²) in [5.41, 5.74) is 2.67. The van der Waals surface area contributed by atoms with E-state index in [2.05, 4.69) is 15.8 Å². The number of hydrogen-bond acceptors (Lipinski definition) is 5. The summed E-state index contributed by atoms with van der Waals surface area (Å²) in [7, 11) is 1.82. The molecule has 7 nitrogen and oxygen atoms in total. The number of amides is 2. The lowest BCUT2D eigenvalue weighted by atomic mass is 10.1. The van der Waals surface area contributed by atoms with Crippen LogP contribution in [0.15, 0.2) is 65.2 Å². The normalized spacial score (nSPS) is 11.9. The first-order valence-electron chi connectivity index (χ1n) is 9.78. The van der Waals surface area contributed by atoms with Crippen LogP contribution in [-0.4, -0.2) is 35.5 Å². The fourth-order valence-electron chi connectivity index (χ4n) is 3.15. The van der Waals surface area contributed by atoms with E-state index in [-0.39, 0.29) is 24.4 Å². The van der Waals surface area contributed by atoms with Crippen molar-refractivity contribution in [2.24, 2.45) is 0 Å². The van der Waals surface area contributed by atoms with Crippen LogP contribution in [-0.2, 0) is 11.3 Å². The zero-order valence-electron chi connectivity index (χ0n) is 17.4. The number of anilines is 1. The minimum absolute atomic E-state index is 0.153. The Kier molecular flexibility index (Phi) is 6.98. The number of para-hydroxylation sites is 1. The maximum Gasteiger partial charge on any atom is 0.253 e. The van der Waals surface area contributed by atoms with Crippen molar-refractivity contribution in [1.29, 1.82) is 0 Å². The second-order valence-electron chi connectivity index (χ2n) is 7.30. The SMILES string of the molecule is Cc1cc(CN(C)CC(=O)Nc2ccccc2C(=O)NC(C)c2ccccc2)no1. The van der Waals surface area contributed by atoms with Crippen molar-refractivity contribution in [1.82, 2.24) is 15.4 Å². The van der Waals surface area contributed by atoms with Gasteiger partial charge in [-0.25, -0.2) is 0 Å². The molecular formula is C23H26N4O3. The fraction of sp³-hybridized carbons (Fsp3) is 0.261. The molecule has 3 aromatic rings. The van der Waals surface area contributed by atoms with Gasteiger partial charge in [0, 0.05) is 12.6 Å². The molecule has 1 unspecified atom stereocenters. The van der Waals surface area contributed by atoms with E-state index in [1.807, 2.05) is 62.2 Å². The number of likely N-dealkylation sites (N-methyl/N-ethyl adjacent to an activating group) is 1. The summed E-state index contributed by atoms with van der Waals surface area (Å²) in [5, 5.41) is 9.76. The van der Waals surface area contributed by atoms with Gasteiger partial charge in [0.15, 0.2) is 0 Å². The molecular weight excluding hydrogens is 380 g/mol. The summed E-state index contributed by atoms with van der Waals surface area (Å²) in [5.74, 6) is 0.273. The van der Waals surface area contributed by atoms with Crippen molar-refractivity contribution in [3.05, 3.63) is 83.2 Å². The molecule has 1 heterocycles. The van der Waals surface area contributed by atoms with Crippen molar-refractivity contribution in [2.45, 2.75) is 26.4 Å². The first kappa shape index (κ1) is 21.3. The Labute approximate surface area is 176 Å². The zero-order chi connectivity index (χ0) is 21.5. The van der Waals surface area contributed by atoms with Crippen LogP contribution >= 0.6 is 0 Å². The first-order valence-corrected chi connectivity index (χ1v) is 9.78. The van der Waals surface area contributed by atoms with Crippen LogP contribution in [0.3, 0.4) is 0 Å². The molecule has 3 rings (SSSR count). The molecule has 0 spiro atoms. The van der Waals surface area contributed by atoms with Gasteiger partial charge in [0.05, 0.1) is 29.5 Å². The third-order valence-corrected chi connectivity index (χ3v) is 4.62. The number of nitrogens with zero attached hydrogens (tertiary/aromatic N) is 2. The van der Waals surface area contributed by atoms with Gasteiger partial charge in [-0.3, -0.25) is 14.5 Å². The molecule has 0 saturated carbocycles. The van der Waals surface area contributed by atoms with Gasteiger partial charge in [-0.2, -0.15) is 0 Å². The van der Waals surface area contributed by atoms with Crippen LogP contribution in [0.4, 0.5) is 5.69 Å². The molecule has 0 bridgehead atoms. The number of carbonyl (C=O) groups excluding carboxylic acids is 2. The Balaban J connectivity index is 1.61. The highest BCUT2D eigenvalue weighted by atomic mass is 16.5. The summed E-state index contributed by atoms with van der Waals surface area (Å²) < 4.78 is 5.05. The van der Waals surface area contributed by atoms with Gasteiger partial charge in [-0.1, -0.05) is 47.6 Å². The van der Waals surface area contributed by atoms with Crippen molar-refractivity contribution >= 4 is 17.5 Å². The molecule has 2 N–H and O–H groups in total. The minimum Gasteiger partial charge on any atom is -0.361 e. The lowest BCUT2D eigenvalue weighted by Gasteiger charge is -2.18. The van der Waals surface area contributed by atoms with E-state index in [0.29, 0.717) is 17.8 Å². The maximum absolute atomic E-state index is 12.8.